The van der Waals surface area contributed by atoms with Gasteiger partial charge in [-0.25, -0.2) is 4.79 Å². The number of rotatable bonds is 6. The zero-order valence-corrected chi connectivity index (χ0v) is 15.3. The van der Waals surface area contributed by atoms with E-state index in [-0.39, 0.29) is 24.4 Å². The maximum atomic E-state index is 12.8. The Morgan fingerprint density at radius 2 is 1.84 bits per heavy atom. The minimum absolute atomic E-state index is 0.0405. The van der Waals surface area contributed by atoms with Crippen LogP contribution in [0.25, 0.3) is 0 Å². The molecule has 0 bridgehead atoms. The monoisotopic (exact) mass is 347 g/mol. The Labute approximate surface area is 147 Å². The van der Waals surface area contributed by atoms with Crippen LogP contribution in [0, 0.1) is 5.92 Å². The van der Waals surface area contributed by atoms with E-state index in [0.717, 1.165) is 4.90 Å². The minimum Gasteiger partial charge on any atom is -0.497 e. The van der Waals surface area contributed by atoms with Gasteiger partial charge in [-0.2, -0.15) is 0 Å². The van der Waals surface area contributed by atoms with Crippen LogP contribution < -0.4 is 15.4 Å². The van der Waals surface area contributed by atoms with Gasteiger partial charge in [0.25, 0.3) is 5.91 Å². The molecule has 4 amide bonds. The minimum atomic E-state index is -1.20. The van der Waals surface area contributed by atoms with Crippen molar-refractivity contribution in [3.63, 3.8) is 0 Å². The first-order valence-corrected chi connectivity index (χ1v) is 8.27. The standard InChI is InChI=1S/C18H25N3O4/c1-11(2)12(3)19-15(22)10-21-16(23)18(4,20-17(21)24)13-6-8-14(25-5)9-7-13/h6-9,11-12H,10H2,1-5H3,(H,19,22)(H,20,24)/t12-,18+/m0/s1. The number of imide groups is 1. The van der Waals surface area contributed by atoms with E-state index in [1.54, 1.807) is 38.3 Å². The molecule has 0 saturated carbocycles. The van der Waals surface area contributed by atoms with Crippen molar-refractivity contribution in [1.29, 1.82) is 0 Å². The third-order valence-electron chi connectivity index (χ3n) is 4.63. The number of ether oxygens (including phenoxy) is 1. The van der Waals surface area contributed by atoms with Gasteiger partial charge in [0.1, 0.15) is 17.8 Å². The van der Waals surface area contributed by atoms with Crippen molar-refractivity contribution in [2.45, 2.75) is 39.3 Å². The van der Waals surface area contributed by atoms with Crippen molar-refractivity contribution in [2.75, 3.05) is 13.7 Å². The summed E-state index contributed by atoms with van der Waals surface area (Å²) in [5.74, 6) is 0.110. The zero-order valence-electron chi connectivity index (χ0n) is 15.3. The quantitative estimate of drug-likeness (QED) is 0.766. The number of nitrogens with zero attached hydrogens (tertiary/aromatic N) is 1. The molecule has 25 heavy (non-hydrogen) atoms. The largest absolute Gasteiger partial charge is 0.497 e. The molecule has 1 aliphatic heterocycles. The number of hydrogen-bond donors (Lipinski definition) is 2. The summed E-state index contributed by atoms with van der Waals surface area (Å²) >= 11 is 0. The maximum Gasteiger partial charge on any atom is 0.325 e. The summed E-state index contributed by atoms with van der Waals surface area (Å²) in [4.78, 5) is 38.1. The van der Waals surface area contributed by atoms with Crippen LogP contribution in [0.3, 0.4) is 0 Å². The Morgan fingerprint density at radius 3 is 2.36 bits per heavy atom. The van der Waals surface area contributed by atoms with Gasteiger partial charge in [-0.3, -0.25) is 14.5 Å². The van der Waals surface area contributed by atoms with Gasteiger partial charge in [0.15, 0.2) is 0 Å². The molecule has 1 saturated heterocycles. The molecular weight excluding hydrogens is 322 g/mol. The van der Waals surface area contributed by atoms with E-state index >= 15 is 0 Å². The van der Waals surface area contributed by atoms with Crippen LogP contribution in [0.15, 0.2) is 24.3 Å². The first-order chi connectivity index (χ1) is 11.7. The Bertz CT molecular complexity index is 671. The fraction of sp³-hybridized carbons (Fsp3) is 0.500. The Balaban J connectivity index is 2.14. The summed E-state index contributed by atoms with van der Waals surface area (Å²) in [6, 6.07) is 6.28. The number of amides is 4. The molecule has 0 radical (unpaired) electrons. The van der Waals surface area contributed by atoms with Gasteiger partial charge in [-0.15, -0.1) is 0 Å². The van der Waals surface area contributed by atoms with Crippen molar-refractivity contribution in [1.82, 2.24) is 15.5 Å². The van der Waals surface area contributed by atoms with E-state index in [0.29, 0.717) is 11.3 Å². The predicted octanol–water partition coefficient (Wildman–Crippen LogP) is 1.62. The van der Waals surface area contributed by atoms with Crippen LogP contribution in [-0.2, 0) is 15.1 Å². The normalized spacial score (nSPS) is 21.3. The highest BCUT2D eigenvalue weighted by atomic mass is 16.5. The van der Waals surface area contributed by atoms with Crippen molar-refractivity contribution in [2.24, 2.45) is 5.92 Å². The summed E-state index contributed by atoms with van der Waals surface area (Å²) in [6.45, 7) is 7.19. The van der Waals surface area contributed by atoms with Gasteiger partial charge in [0.2, 0.25) is 5.91 Å². The first kappa shape index (κ1) is 18.8. The number of hydrogen-bond acceptors (Lipinski definition) is 4. The molecule has 2 rings (SSSR count). The molecule has 0 spiro atoms. The highest BCUT2D eigenvalue weighted by Crippen LogP contribution is 2.29. The number of urea groups is 1. The fourth-order valence-electron chi connectivity index (χ4n) is 2.57. The second-order valence-corrected chi connectivity index (χ2v) is 6.78. The molecular formula is C18H25N3O4. The van der Waals surface area contributed by atoms with E-state index in [9.17, 15) is 14.4 Å². The SMILES string of the molecule is COc1ccc([C@@]2(C)NC(=O)N(CC(=O)N[C@@H](C)C(C)C)C2=O)cc1. The second-order valence-electron chi connectivity index (χ2n) is 6.78. The third-order valence-corrected chi connectivity index (χ3v) is 4.63. The zero-order chi connectivity index (χ0) is 18.8. The number of methoxy groups -OCH3 is 1. The summed E-state index contributed by atoms with van der Waals surface area (Å²) in [7, 11) is 1.55. The molecule has 0 unspecified atom stereocenters. The molecule has 1 aromatic rings. The molecule has 2 N–H and O–H groups in total. The fourth-order valence-corrected chi connectivity index (χ4v) is 2.57. The molecule has 1 fully saturated rings. The third kappa shape index (κ3) is 3.75. The Morgan fingerprint density at radius 1 is 1.24 bits per heavy atom. The highest BCUT2D eigenvalue weighted by Gasteiger charge is 2.49. The van der Waals surface area contributed by atoms with Crippen LogP contribution >= 0.6 is 0 Å². The summed E-state index contributed by atoms with van der Waals surface area (Å²) < 4.78 is 5.11. The maximum absolute atomic E-state index is 12.8. The molecule has 1 heterocycles. The predicted molar refractivity (Wildman–Crippen MR) is 93.0 cm³/mol. The van der Waals surface area contributed by atoms with Gasteiger partial charge < -0.3 is 15.4 Å². The van der Waals surface area contributed by atoms with Crippen LogP contribution in [0.4, 0.5) is 4.79 Å². The van der Waals surface area contributed by atoms with E-state index in [2.05, 4.69) is 10.6 Å². The molecule has 2 atom stereocenters. The lowest BCUT2D eigenvalue weighted by atomic mass is 9.92. The summed E-state index contributed by atoms with van der Waals surface area (Å²) in [6.07, 6.45) is 0. The number of carbonyl (C=O) groups is 3. The van der Waals surface area contributed by atoms with E-state index < -0.39 is 17.5 Å². The van der Waals surface area contributed by atoms with Crippen LogP contribution in [0.2, 0.25) is 0 Å². The van der Waals surface area contributed by atoms with E-state index in [4.69, 9.17) is 4.74 Å². The molecule has 0 aliphatic carbocycles. The van der Waals surface area contributed by atoms with Gasteiger partial charge >= 0.3 is 6.03 Å². The Kier molecular flexibility index (Phi) is 5.35. The number of benzene rings is 1. The van der Waals surface area contributed by atoms with Crippen molar-refractivity contribution >= 4 is 17.8 Å². The molecule has 136 valence electrons. The van der Waals surface area contributed by atoms with E-state index in [1.807, 2.05) is 20.8 Å². The van der Waals surface area contributed by atoms with E-state index in [1.165, 1.54) is 0 Å². The molecule has 7 nitrogen and oxygen atoms in total. The van der Waals surface area contributed by atoms with Crippen LogP contribution in [0.1, 0.15) is 33.3 Å². The number of nitrogens with one attached hydrogen (secondary N) is 2. The summed E-state index contributed by atoms with van der Waals surface area (Å²) in [5, 5.41) is 5.48. The molecule has 0 aromatic heterocycles. The lowest BCUT2D eigenvalue weighted by molar-refractivity contribution is -0.135. The smallest absolute Gasteiger partial charge is 0.325 e. The van der Waals surface area contributed by atoms with Crippen molar-refractivity contribution < 1.29 is 19.1 Å². The average Bonchev–Trinajstić information content (AvgIpc) is 2.79. The molecule has 1 aromatic carbocycles. The van der Waals surface area contributed by atoms with Gasteiger partial charge in [0, 0.05) is 6.04 Å². The Hall–Kier alpha value is -2.57. The summed E-state index contributed by atoms with van der Waals surface area (Å²) in [5.41, 5.74) is -0.571. The first-order valence-electron chi connectivity index (χ1n) is 8.27. The second kappa shape index (κ2) is 7.13. The van der Waals surface area contributed by atoms with Crippen molar-refractivity contribution in [3.05, 3.63) is 29.8 Å². The molecule has 1 aliphatic rings. The lowest BCUT2D eigenvalue weighted by Crippen LogP contribution is -2.45. The van der Waals surface area contributed by atoms with Gasteiger partial charge in [0.05, 0.1) is 7.11 Å². The van der Waals surface area contributed by atoms with Crippen LogP contribution in [0.5, 0.6) is 5.75 Å². The highest BCUT2D eigenvalue weighted by molar-refractivity contribution is 6.09. The van der Waals surface area contributed by atoms with Crippen molar-refractivity contribution in [3.8, 4) is 5.75 Å². The topological polar surface area (TPSA) is 87.7 Å². The lowest BCUT2D eigenvalue weighted by Gasteiger charge is -2.23. The molecule has 7 heteroatoms. The average molecular weight is 347 g/mol. The van der Waals surface area contributed by atoms with Crippen LogP contribution in [-0.4, -0.2) is 42.4 Å². The number of carbonyl (C=O) groups excluding carboxylic acids is 3. The van der Waals surface area contributed by atoms with Gasteiger partial charge in [-0.1, -0.05) is 26.0 Å². The van der Waals surface area contributed by atoms with Gasteiger partial charge in [-0.05, 0) is 37.5 Å².